The second-order valence-corrected chi connectivity index (χ2v) is 12.8. The van der Waals surface area contributed by atoms with Gasteiger partial charge < -0.3 is 4.42 Å². The molecule has 0 atom stereocenters. The van der Waals surface area contributed by atoms with Gasteiger partial charge in [0, 0.05) is 33.0 Å². The summed E-state index contributed by atoms with van der Waals surface area (Å²) in [5.74, 6) is 1.88. The van der Waals surface area contributed by atoms with E-state index in [-0.39, 0.29) is 0 Å². The fraction of sp³-hybridized carbons (Fsp3) is 0. The topological polar surface area (TPSA) is 51.8 Å². The van der Waals surface area contributed by atoms with E-state index < -0.39 is 0 Å². The highest BCUT2D eigenvalue weighted by molar-refractivity contribution is 6.26. The van der Waals surface area contributed by atoms with Crippen LogP contribution in [0, 0.1) is 0 Å². The van der Waals surface area contributed by atoms with Gasteiger partial charge >= 0.3 is 0 Å². The molecule has 1 aliphatic rings. The molecule has 226 valence electrons. The molecule has 0 amide bonds. The lowest BCUT2D eigenvalue weighted by molar-refractivity contribution is 0.670. The quantitative estimate of drug-likeness (QED) is 0.184. The van der Waals surface area contributed by atoms with Crippen LogP contribution in [0.15, 0.2) is 156 Å². The van der Waals surface area contributed by atoms with Gasteiger partial charge in [0.2, 0.25) is 0 Å². The first kappa shape index (κ1) is 26.4. The van der Waals surface area contributed by atoms with E-state index in [0.29, 0.717) is 17.5 Å². The van der Waals surface area contributed by atoms with Crippen LogP contribution in [0.25, 0.3) is 111 Å². The molecule has 2 aromatic heterocycles. The molecule has 49 heavy (non-hydrogen) atoms. The van der Waals surface area contributed by atoms with Crippen LogP contribution in [0.1, 0.15) is 0 Å². The maximum Gasteiger partial charge on any atom is 0.164 e. The molecule has 0 bridgehead atoms. The summed E-state index contributed by atoms with van der Waals surface area (Å²) in [5.41, 5.74) is 9.16. The van der Waals surface area contributed by atoms with Gasteiger partial charge in [-0.05, 0) is 67.2 Å². The third-order valence-corrected chi connectivity index (χ3v) is 10.0. The maximum atomic E-state index is 6.76. The zero-order chi connectivity index (χ0) is 32.1. The highest BCUT2D eigenvalue weighted by Gasteiger charge is 2.29. The number of rotatable bonds is 3. The molecule has 0 saturated carbocycles. The van der Waals surface area contributed by atoms with Crippen LogP contribution in [0.3, 0.4) is 0 Å². The van der Waals surface area contributed by atoms with Crippen molar-refractivity contribution < 1.29 is 4.42 Å². The number of hydrogen-bond donors (Lipinski definition) is 0. The third-order valence-electron chi connectivity index (χ3n) is 10.0. The van der Waals surface area contributed by atoms with Crippen molar-refractivity contribution in [3.63, 3.8) is 0 Å². The van der Waals surface area contributed by atoms with Gasteiger partial charge in [-0.25, -0.2) is 15.0 Å². The molecule has 0 N–H and O–H groups in total. The summed E-state index contributed by atoms with van der Waals surface area (Å²) < 4.78 is 6.76. The molecule has 0 saturated heterocycles. The van der Waals surface area contributed by atoms with Gasteiger partial charge in [-0.3, -0.25) is 0 Å². The predicted molar refractivity (Wildman–Crippen MR) is 200 cm³/mol. The Morgan fingerprint density at radius 2 is 1.04 bits per heavy atom. The minimum Gasteiger partial charge on any atom is -0.455 e. The lowest BCUT2D eigenvalue weighted by Crippen LogP contribution is -2.01. The second-order valence-electron chi connectivity index (χ2n) is 12.8. The van der Waals surface area contributed by atoms with Crippen LogP contribution in [0.5, 0.6) is 0 Å². The van der Waals surface area contributed by atoms with Crippen molar-refractivity contribution in [2.45, 2.75) is 0 Å². The molecule has 0 spiro atoms. The van der Waals surface area contributed by atoms with Crippen molar-refractivity contribution in [3.8, 4) is 56.4 Å². The SMILES string of the molecule is c1ccc(-c2nc(-c3ccc4c(ccc5ccccc54)c3)nc(-c3cc4c(c5oc6ccccc6c35)-c3cccc5cccc-4c35)n2)cc1. The predicted octanol–water partition coefficient (Wildman–Crippen LogP) is 11.9. The molecule has 1 aliphatic carbocycles. The second kappa shape index (κ2) is 9.93. The number of aromatic nitrogens is 3. The minimum absolute atomic E-state index is 0.616. The van der Waals surface area contributed by atoms with E-state index in [1.807, 2.05) is 30.3 Å². The van der Waals surface area contributed by atoms with E-state index in [4.69, 9.17) is 19.4 Å². The normalized spacial score (nSPS) is 12.1. The van der Waals surface area contributed by atoms with Gasteiger partial charge in [0.25, 0.3) is 0 Å². The monoisotopic (exact) mass is 623 g/mol. The van der Waals surface area contributed by atoms with Gasteiger partial charge in [-0.15, -0.1) is 0 Å². The third kappa shape index (κ3) is 3.83. The van der Waals surface area contributed by atoms with Gasteiger partial charge in [0.05, 0.1) is 0 Å². The number of nitrogens with zero attached hydrogens (tertiary/aromatic N) is 3. The summed E-state index contributed by atoms with van der Waals surface area (Å²) >= 11 is 0. The van der Waals surface area contributed by atoms with E-state index in [1.54, 1.807) is 0 Å². The lowest BCUT2D eigenvalue weighted by Gasteiger charge is -2.12. The Balaban J connectivity index is 1.22. The highest BCUT2D eigenvalue weighted by atomic mass is 16.3. The Hall–Kier alpha value is -6.65. The molecule has 0 fully saturated rings. The lowest BCUT2D eigenvalue weighted by atomic mass is 9.95. The number of benzene rings is 8. The van der Waals surface area contributed by atoms with Crippen LogP contribution in [-0.2, 0) is 0 Å². The zero-order valence-corrected chi connectivity index (χ0v) is 26.2. The molecule has 10 aromatic rings. The Kier molecular flexibility index (Phi) is 5.35. The van der Waals surface area contributed by atoms with E-state index in [1.165, 1.54) is 38.1 Å². The molecular weight excluding hydrogens is 599 g/mol. The summed E-state index contributed by atoms with van der Waals surface area (Å²) in [6.07, 6.45) is 0. The Labute approximate surface area is 281 Å². The van der Waals surface area contributed by atoms with Crippen molar-refractivity contribution in [3.05, 3.63) is 152 Å². The standard InChI is InChI=1S/C45H25N3O/c1-2-11-28(12-3-1)43-46-44(30-22-23-32-29(24-30)21-20-26-10-4-5-15-31(26)32)48-45(47-43)37-25-36-33-17-8-13-27-14-9-18-35(39(27)33)41(36)42-40(37)34-16-6-7-19-38(34)49-42/h1-25H. The minimum atomic E-state index is 0.616. The van der Waals surface area contributed by atoms with E-state index in [2.05, 4.69) is 121 Å². The number of hydrogen-bond acceptors (Lipinski definition) is 4. The maximum absolute atomic E-state index is 6.76. The van der Waals surface area contributed by atoms with Crippen LogP contribution in [-0.4, -0.2) is 15.0 Å². The van der Waals surface area contributed by atoms with Crippen LogP contribution >= 0.6 is 0 Å². The summed E-state index contributed by atoms with van der Waals surface area (Å²) in [6.45, 7) is 0. The van der Waals surface area contributed by atoms with Crippen molar-refractivity contribution in [2.24, 2.45) is 0 Å². The summed E-state index contributed by atoms with van der Waals surface area (Å²) in [5, 5.41) is 9.33. The van der Waals surface area contributed by atoms with Gasteiger partial charge in [-0.1, -0.05) is 133 Å². The summed E-state index contributed by atoms with van der Waals surface area (Å²) in [6, 6.07) is 53.1. The first-order valence-corrected chi connectivity index (χ1v) is 16.5. The fourth-order valence-electron chi connectivity index (χ4n) is 7.82. The van der Waals surface area contributed by atoms with Gasteiger partial charge in [-0.2, -0.15) is 0 Å². The van der Waals surface area contributed by atoms with Gasteiger partial charge in [0.15, 0.2) is 17.5 Å². The number of para-hydroxylation sites is 1. The number of furan rings is 1. The first-order valence-electron chi connectivity index (χ1n) is 16.5. The van der Waals surface area contributed by atoms with Crippen molar-refractivity contribution in [1.29, 1.82) is 0 Å². The van der Waals surface area contributed by atoms with E-state index in [9.17, 15) is 0 Å². The van der Waals surface area contributed by atoms with E-state index >= 15 is 0 Å². The smallest absolute Gasteiger partial charge is 0.164 e. The molecule has 11 rings (SSSR count). The van der Waals surface area contributed by atoms with Crippen molar-refractivity contribution in [2.75, 3.05) is 0 Å². The zero-order valence-electron chi connectivity index (χ0n) is 26.2. The van der Waals surface area contributed by atoms with Gasteiger partial charge in [0.1, 0.15) is 11.2 Å². The Morgan fingerprint density at radius 1 is 0.367 bits per heavy atom. The average molecular weight is 624 g/mol. The van der Waals surface area contributed by atoms with Crippen LogP contribution in [0.4, 0.5) is 0 Å². The molecule has 4 heteroatoms. The highest BCUT2D eigenvalue weighted by Crippen LogP contribution is 2.53. The Bertz CT molecular complexity index is 2990. The largest absolute Gasteiger partial charge is 0.455 e. The molecule has 8 aromatic carbocycles. The fourth-order valence-corrected chi connectivity index (χ4v) is 7.82. The summed E-state index contributed by atoms with van der Waals surface area (Å²) in [7, 11) is 0. The molecule has 0 unspecified atom stereocenters. The molecule has 4 nitrogen and oxygen atoms in total. The molecule has 0 radical (unpaired) electrons. The van der Waals surface area contributed by atoms with Crippen LogP contribution in [0.2, 0.25) is 0 Å². The Morgan fingerprint density at radius 3 is 1.92 bits per heavy atom. The number of fused-ring (bicyclic) bond motifs is 10. The molecule has 2 heterocycles. The molecular formula is C45H25N3O. The van der Waals surface area contributed by atoms with E-state index in [0.717, 1.165) is 55.1 Å². The van der Waals surface area contributed by atoms with Crippen molar-refractivity contribution >= 4 is 54.3 Å². The summed E-state index contributed by atoms with van der Waals surface area (Å²) in [4.78, 5) is 15.6. The first-order chi connectivity index (χ1) is 24.3. The van der Waals surface area contributed by atoms with Crippen molar-refractivity contribution in [1.82, 2.24) is 15.0 Å². The van der Waals surface area contributed by atoms with Crippen LogP contribution < -0.4 is 0 Å². The molecule has 0 aliphatic heterocycles. The average Bonchev–Trinajstić information content (AvgIpc) is 3.72.